The van der Waals surface area contributed by atoms with E-state index in [9.17, 15) is 0 Å². The number of rotatable bonds is 1. The van der Waals surface area contributed by atoms with E-state index in [4.69, 9.17) is 0 Å². The summed E-state index contributed by atoms with van der Waals surface area (Å²) in [6, 6.07) is 0. The zero-order valence-corrected chi connectivity index (χ0v) is 12.8. The average molecular weight is 236 g/mol. The number of hydrogen-bond acceptors (Lipinski definition) is 0. The molecule has 0 aliphatic heterocycles. The van der Waals surface area contributed by atoms with Crippen LogP contribution in [-0.4, -0.2) is 0 Å². The van der Waals surface area contributed by atoms with Gasteiger partial charge in [0.2, 0.25) is 0 Å². The maximum Gasteiger partial charge on any atom is -0.0323 e. The number of hydrogen-bond donors (Lipinski definition) is 0. The fourth-order valence-electron chi connectivity index (χ4n) is 4.62. The normalized spacial score (nSPS) is 40.1. The third kappa shape index (κ3) is 2.42. The molecule has 3 atom stereocenters. The molecule has 2 aliphatic carbocycles. The monoisotopic (exact) mass is 236 g/mol. The molecular formula is C17H32. The minimum Gasteiger partial charge on any atom is -0.0625 e. The molecule has 0 aromatic rings. The van der Waals surface area contributed by atoms with E-state index in [-0.39, 0.29) is 0 Å². The summed E-state index contributed by atoms with van der Waals surface area (Å²) in [7, 11) is 0. The lowest BCUT2D eigenvalue weighted by Crippen LogP contribution is -2.47. The van der Waals surface area contributed by atoms with Gasteiger partial charge in [0.25, 0.3) is 0 Å². The fraction of sp³-hybridized carbons (Fsp3) is 1.00. The molecule has 0 radical (unpaired) electrons. The Kier molecular flexibility index (Phi) is 3.38. The highest BCUT2D eigenvalue weighted by Crippen LogP contribution is 2.59. The second-order valence-electron chi connectivity index (χ2n) is 8.51. The standard InChI is InChI=1S/C17H32/c1-12(2)13-7-8-14-15(11-13)17(5,6)10-9-16(14,3)4/h12-15H,7-11H2,1-6H3. The molecule has 0 saturated heterocycles. The molecule has 3 unspecified atom stereocenters. The van der Waals surface area contributed by atoms with Crippen LogP contribution >= 0.6 is 0 Å². The molecule has 0 N–H and O–H groups in total. The van der Waals surface area contributed by atoms with Gasteiger partial charge < -0.3 is 0 Å². The zero-order valence-electron chi connectivity index (χ0n) is 12.8. The van der Waals surface area contributed by atoms with Crippen molar-refractivity contribution in [1.29, 1.82) is 0 Å². The molecule has 0 nitrogen and oxygen atoms in total. The topological polar surface area (TPSA) is 0 Å². The van der Waals surface area contributed by atoms with Crippen molar-refractivity contribution in [1.82, 2.24) is 0 Å². The SMILES string of the molecule is CC(C)C1CCC2C(C1)C(C)(C)CCC2(C)C. The fourth-order valence-corrected chi connectivity index (χ4v) is 4.62. The van der Waals surface area contributed by atoms with Crippen LogP contribution < -0.4 is 0 Å². The summed E-state index contributed by atoms with van der Waals surface area (Å²) in [5, 5.41) is 0. The van der Waals surface area contributed by atoms with Gasteiger partial charge in [-0.15, -0.1) is 0 Å². The first-order valence-electron chi connectivity index (χ1n) is 7.74. The smallest absolute Gasteiger partial charge is 0.0323 e. The van der Waals surface area contributed by atoms with Crippen LogP contribution in [0.15, 0.2) is 0 Å². The Hall–Kier alpha value is 0. The van der Waals surface area contributed by atoms with E-state index in [2.05, 4.69) is 41.5 Å². The van der Waals surface area contributed by atoms with Gasteiger partial charge in [0, 0.05) is 0 Å². The van der Waals surface area contributed by atoms with Crippen LogP contribution in [0.3, 0.4) is 0 Å². The molecule has 2 saturated carbocycles. The van der Waals surface area contributed by atoms with E-state index in [1.165, 1.54) is 32.1 Å². The Morgan fingerprint density at radius 2 is 1.35 bits per heavy atom. The summed E-state index contributed by atoms with van der Waals surface area (Å²) >= 11 is 0. The average Bonchev–Trinajstić information content (AvgIpc) is 2.24. The predicted molar refractivity (Wildman–Crippen MR) is 76.0 cm³/mol. The van der Waals surface area contributed by atoms with Crippen molar-refractivity contribution in [3.8, 4) is 0 Å². The molecule has 2 rings (SSSR count). The molecule has 2 fully saturated rings. The minimum absolute atomic E-state index is 0.591. The van der Waals surface area contributed by atoms with Crippen molar-refractivity contribution in [2.45, 2.75) is 73.6 Å². The van der Waals surface area contributed by atoms with Crippen molar-refractivity contribution >= 4 is 0 Å². The van der Waals surface area contributed by atoms with E-state index < -0.39 is 0 Å². The summed E-state index contributed by atoms with van der Waals surface area (Å²) < 4.78 is 0. The highest BCUT2D eigenvalue weighted by Gasteiger charge is 2.49. The lowest BCUT2D eigenvalue weighted by molar-refractivity contribution is -0.0642. The molecule has 17 heavy (non-hydrogen) atoms. The molecule has 0 amide bonds. The van der Waals surface area contributed by atoms with Crippen molar-refractivity contribution in [2.75, 3.05) is 0 Å². The maximum atomic E-state index is 2.53. The van der Waals surface area contributed by atoms with Gasteiger partial charge in [-0.05, 0) is 66.6 Å². The lowest BCUT2D eigenvalue weighted by Gasteiger charge is -2.56. The highest BCUT2D eigenvalue weighted by atomic mass is 14.5. The third-order valence-electron chi connectivity index (χ3n) is 6.25. The summed E-state index contributed by atoms with van der Waals surface area (Å²) in [5.41, 5.74) is 1.19. The summed E-state index contributed by atoms with van der Waals surface area (Å²) in [6.07, 6.45) is 7.35. The molecule has 2 aliphatic rings. The van der Waals surface area contributed by atoms with Crippen molar-refractivity contribution in [2.24, 2.45) is 34.5 Å². The Balaban J connectivity index is 2.19. The Morgan fingerprint density at radius 3 is 1.88 bits per heavy atom. The van der Waals surface area contributed by atoms with Gasteiger partial charge in [0.15, 0.2) is 0 Å². The molecule has 0 aromatic carbocycles. The molecule has 0 heterocycles. The minimum atomic E-state index is 0.591. The molecular weight excluding hydrogens is 204 g/mol. The maximum absolute atomic E-state index is 2.53. The van der Waals surface area contributed by atoms with Gasteiger partial charge in [-0.25, -0.2) is 0 Å². The highest BCUT2D eigenvalue weighted by molar-refractivity contribution is 4.99. The first-order valence-corrected chi connectivity index (χ1v) is 7.74. The molecule has 100 valence electrons. The van der Waals surface area contributed by atoms with Crippen molar-refractivity contribution in [3.05, 3.63) is 0 Å². The first kappa shape index (κ1) is 13.4. The van der Waals surface area contributed by atoms with Crippen LogP contribution in [0, 0.1) is 34.5 Å². The molecule has 0 aromatic heterocycles. The summed E-state index contributed by atoms with van der Waals surface area (Å²) in [5.74, 6) is 3.84. The second-order valence-corrected chi connectivity index (χ2v) is 8.51. The third-order valence-corrected chi connectivity index (χ3v) is 6.25. The van der Waals surface area contributed by atoms with Crippen LogP contribution in [0.5, 0.6) is 0 Å². The van der Waals surface area contributed by atoms with Crippen LogP contribution in [0.4, 0.5) is 0 Å². The molecule has 0 bridgehead atoms. The summed E-state index contributed by atoms with van der Waals surface area (Å²) in [4.78, 5) is 0. The van der Waals surface area contributed by atoms with E-state index in [1.807, 2.05) is 0 Å². The van der Waals surface area contributed by atoms with Crippen LogP contribution in [0.25, 0.3) is 0 Å². The van der Waals surface area contributed by atoms with Crippen LogP contribution in [0.2, 0.25) is 0 Å². The van der Waals surface area contributed by atoms with Crippen LogP contribution in [0.1, 0.15) is 73.6 Å². The van der Waals surface area contributed by atoms with E-state index in [1.54, 1.807) is 0 Å². The predicted octanol–water partition coefficient (Wildman–Crippen LogP) is 5.52. The van der Waals surface area contributed by atoms with Crippen LogP contribution in [-0.2, 0) is 0 Å². The van der Waals surface area contributed by atoms with Gasteiger partial charge in [-0.1, -0.05) is 41.5 Å². The van der Waals surface area contributed by atoms with Gasteiger partial charge in [0.1, 0.15) is 0 Å². The van der Waals surface area contributed by atoms with E-state index in [0.717, 1.165) is 23.7 Å². The first-order chi connectivity index (χ1) is 7.74. The van der Waals surface area contributed by atoms with Gasteiger partial charge in [-0.2, -0.15) is 0 Å². The van der Waals surface area contributed by atoms with Gasteiger partial charge in [0.05, 0.1) is 0 Å². The van der Waals surface area contributed by atoms with Crippen molar-refractivity contribution in [3.63, 3.8) is 0 Å². The van der Waals surface area contributed by atoms with E-state index in [0.29, 0.717) is 10.8 Å². The molecule has 0 spiro atoms. The lowest BCUT2D eigenvalue weighted by atomic mass is 9.49. The number of fused-ring (bicyclic) bond motifs is 1. The largest absolute Gasteiger partial charge is 0.0625 e. The quantitative estimate of drug-likeness (QED) is 0.562. The Morgan fingerprint density at radius 1 is 0.824 bits per heavy atom. The zero-order chi connectivity index (χ0) is 12.8. The van der Waals surface area contributed by atoms with Gasteiger partial charge >= 0.3 is 0 Å². The molecule has 0 heteroatoms. The Bertz CT molecular complexity index is 272. The van der Waals surface area contributed by atoms with Gasteiger partial charge in [-0.3, -0.25) is 0 Å². The second kappa shape index (κ2) is 4.28. The van der Waals surface area contributed by atoms with Crippen molar-refractivity contribution < 1.29 is 0 Å². The Labute approximate surface area is 109 Å². The van der Waals surface area contributed by atoms with E-state index >= 15 is 0 Å². The summed E-state index contributed by atoms with van der Waals surface area (Å²) in [6.45, 7) is 15.0.